The van der Waals surface area contributed by atoms with Crippen molar-refractivity contribution in [2.45, 2.75) is 19.4 Å². The summed E-state index contributed by atoms with van der Waals surface area (Å²) in [6, 6.07) is 1.68. The molecule has 1 amide bonds. The Balaban J connectivity index is 1.98. The molecule has 20 heavy (non-hydrogen) atoms. The Bertz CT molecular complexity index is 497. The summed E-state index contributed by atoms with van der Waals surface area (Å²) < 4.78 is 0. The topological polar surface area (TPSA) is 75.3 Å². The van der Waals surface area contributed by atoms with Gasteiger partial charge in [0.25, 0.3) is 5.91 Å². The molecule has 1 aromatic heterocycles. The lowest BCUT2D eigenvalue weighted by atomic mass is 10.0. The highest BCUT2D eigenvalue weighted by Gasteiger charge is 2.33. The van der Waals surface area contributed by atoms with Crippen molar-refractivity contribution in [3.05, 3.63) is 24.0 Å². The molecule has 2 heterocycles. The second kappa shape index (κ2) is 5.80. The van der Waals surface area contributed by atoms with E-state index in [-0.39, 0.29) is 11.4 Å². The fourth-order valence-corrected chi connectivity index (χ4v) is 2.35. The molecule has 1 saturated heterocycles. The van der Waals surface area contributed by atoms with Crippen molar-refractivity contribution in [1.29, 1.82) is 0 Å². The SMILES string of the molecule is CC(C)(C(N)=S)N1CCN(C(=O)c2ccnnc2)CC1. The molecule has 0 saturated carbocycles. The molecule has 1 aromatic rings. The first-order chi connectivity index (χ1) is 9.43. The first kappa shape index (κ1) is 14.8. The molecule has 1 aliphatic heterocycles. The molecule has 0 unspecified atom stereocenters. The van der Waals surface area contributed by atoms with Gasteiger partial charge in [0.2, 0.25) is 0 Å². The molecule has 0 aromatic carbocycles. The van der Waals surface area contributed by atoms with Crippen LogP contribution in [0, 0.1) is 0 Å². The number of nitrogens with two attached hydrogens (primary N) is 1. The van der Waals surface area contributed by atoms with Crippen LogP contribution >= 0.6 is 12.2 Å². The lowest BCUT2D eigenvalue weighted by molar-refractivity contribution is 0.0539. The van der Waals surface area contributed by atoms with Gasteiger partial charge < -0.3 is 10.6 Å². The normalized spacial score (nSPS) is 17.0. The van der Waals surface area contributed by atoms with Crippen molar-refractivity contribution in [3.8, 4) is 0 Å². The summed E-state index contributed by atoms with van der Waals surface area (Å²) in [7, 11) is 0. The Hall–Kier alpha value is -1.60. The molecule has 2 N–H and O–H groups in total. The highest BCUT2D eigenvalue weighted by atomic mass is 32.1. The molecule has 6 nitrogen and oxygen atoms in total. The summed E-state index contributed by atoms with van der Waals surface area (Å²) >= 11 is 5.11. The predicted molar refractivity (Wildman–Crippen MR) is 80.4 cm³/mol. The van der Waals surface area contributed by atoms with Crippen LogP contribution in [0.1, 0.15) is 24.2 Å². The van der Waals surface area contributed by atoms with Crippen molar-refractivity contribution in [3.63, 3.8) is 0 Å². The Morgan fingerprint density at radius 1 is 1.30 bits per heavy atom. The zero-order valence-electron chi connectivity index (χ0n) is 11.7. The Morgan fingerprint density at radius 2 is 1.95 bits per heavy atom. The molecule has 0 atom stereocenters. The lowest BCUT2D eigenvalue weighted by Gasteiger charge is -2.43. The van der Waals surface area contributed by atoms with Crippen molar-refractivity contribution >= 4 is 23.1 Å². The van der Waals surface area contributed by atoms with Crippen LogP contribution in [0.15, 0.2) is 18.5 Å². The predicted octanol–water partition coefficient (Wildman–Crippen LogP) is 0.299. The minimum atomic E-state index is -0.317. The molecule has 7 heteroatoms. The maximum Gasteiger partial charge on any atom is 0.255 e. The van der Waals surface area contributed by atoms with Gasteiger partial charge in [-0.3, -0.25) is 9.69 Å². The fraction of sp³-hybridized carbons (Fsp3) is 0.538. The Kier molecular flexibility index (Phi) is 4.29. The van der Waals surface area contributed by atoms with E-state index in [2.05, 4.69) is 15.1 Å². The third-order valence-corrected chi connectivity index (χ3v) is 4.29. The van der Waals surface area contributed by atoms with Crippen LogP contribution in [0.3, 0.4) is 0 Å². The van der Waals surface area contributed by atoms with E-state index in [4.69, 9.17) is 18.0 Å². The van der Waals surface area contributed by atoms with Gasteiger partial charge in [0.05, 0.1) is 28.5 Å². The van der Waals surface area contributed by atoms with Crippen LogP contribution in [0.4, 0.5) is 0 Å². The average Bonchev–Trinajstić information content (AvgIpc) is 2.47. The van der Waals surface area contributed by atoms with Gasteiger partial charge in [-0.25, -0.2) is 0 Å². The Morgan fingerprint density at radius 3 is 2.45 bits per heavy atom. The Labute approximate surface area is 123 Å². The van der Waals surface area contributed by atoms with E-state index >= 15 is 0 Å². The van der Waals surface area contributed by atoms with Crippen LogP contribution in [-0.4, -0.2) is 62.6 Å². The summed E-state index contributed by atoms with van der Waals surface area (Å²) in [6.07, 6.45) is 3.02. The second-order valence-electron chi connectivity index (χ2n) is 5.33. The molecular weight excluding hydrogens is 274 g/mol. The number of hydrogen-bond donors (Lipinski definition) is 1. The van der Waals surface area contributed by atoms with Crippen molar-refractivity contribution in [1.82, 2.24) is 20.0 Å². The minimum absolute atomic E-state index is 0.00678. The van der Waals surface area contributed by atoms with Gasteiger partial charge in [-0.2, -0.15) is 10.2 Å². The van der Waals surface area contributed by atoms with Gasteiger partial charge in [-0.1, -0.05) is 12.2 Å². The van der Waals surface area contributed by atoms with E-state index in [1.165, 1.54) is 12.4 Å². The molecule has 1 fully saturated rings. The number of carbonyl (C=O) groups is 1. The maximum atomic E-state index is 12.3. The highest BCUT2D eigenvalue weighted by molar-refractivity contribution is 7.80. The summed E-state index contributed by atoms with van der Waals surface area (Å²) in [6.45, 7) is 6.86. The first-order valence-corrected chi connectivity index (χ1v) is 6.94. The zero-order chi connectivity index (χ0) is 14.8. The standard InChI is InChI=1S/C13H19N5OS/c1-13(2,12(14)20)18-7-5-17(6-8-18)11(19)10-3-4-15-16-9-10/h3-4,9H,5-8H2,1-2H3,(H2,14,20). The highest BCUT2D eigenvalue weighted by Crippen LogP contribution is 2.18. The van der Waals surface area contributed by atoms with E-state index in [9.17, 15) is 4.79 Å². The lowest BCUT2D eigenvalue weighted by Crippen LogP contribution is -2.59. The van der Waals surface area contributed by atoms with Gasteiger partial charge >= 0.3 is 0 Å². The quantitative estimate of drug-likeness (QED) is 0.808. The minimum Gasteiger partial charge on any atom is -0.392 e. The number of carbonyl (C=O) groups excluding carboxylic acids is 1. The van der Waals surface area contributed by atoms with E-state index in [0.717, 1.165) is 13.1 Å². The van der Waals surface area contributed by atoms with Gasteiger partial charge in [0.15, 0.2) is 0 Å². The van der Waals surface area contributed by atoms with Gasteiger partial charge in [-0.15, -0.1) is 0 Å². The van der Waals surface area contributed by atoms with Crippen LogP contribution in [0.25, 0.3) is 0 Å². The van der Waals surface area contributed by atoms with E-state index in [0.29, 0.717) is 23.6 Å². The van der Waals surface area contributed by atoms with Crippen LogP contribution < -0.4 is 5.73 Å². The number of piperazine rings is 1. The van der Waals surface area contributed by atoms with E-state index < -0.39 is 0 Å². The number of amides is 1. The third-order valence-electron chi connectivity index (χ3n) is 3.79. The molecule has 2 rings (SSSR count). The second-order valence-corrected chi connectivity index (χ2v) is 5.77. The van der Waals surface area contributed by atoms with Crippen molar-refractivity contribution < 1.29 is 4.79 Å². The molecule has 108 valence electrons. The average molecular weight is 293 g/mol. The van der Waals surface area contributed by atoms with E-state index in [1.54, 1.807) is 6.07 Å². The number of hydrogen-bond acceptors (Lipinski definition) is 5. The molecule has 1 aliphatic rings. The largest absolute Gasteiger partial charge is 0.392 e. The van der Waals surface area contributed by atoms with Gasteiger partial charge in [0, 0.05) is 26.2 Å². The van der Waals surface area contributed by atoms with Crippen LogP contribution in [0.2, 0.25) is 0 Å². The number of rotatable bonds is 3. The molecule has 0 spiro atoms. The summed E-state index contributed by atoms with van der Waals surface area (Å²) in [5.41, 5.74) is 6.04. The molecular formula is C13H19N5OS. The van der Waals surface area contributed by atoms with Crippen LogP contribution in [0.5, 0.6) is 0 Å². The third kappa shape index (κ3) is 2.94. The summed E-state index contributed by atoms with van der Waals surface area (Å²) in [5.74, 6) is -0.00678. The summed E-state index contributed by atoms with van der Waals surface area (Å²) in [4.78, 5) is 16.8. The number of aromatic nitrogens is 2. The number of nitrogens with zero attached hydrogens (tertiary/aromatic N) is 4. The zero-order valence-corrected chi connectivity index (χ0v) is 12.6. The molecule has 0 radical (unpaired) electrons. The van der Waals surface area contributed by atoms with Gasteiger partial charge in [0.1, 0.15) is 0 Å². The monoisotopic (exact) mass is 293 g/mol. The molecule has 0 aliphatic carbocycles. The van der Waals surface area contributed by atoms with Crippen molar-refractivity contribution in [2.75, 3.05) is 26.2 Å². The fourth-order valence-electron chi connectivity index (χ4n) is 2.22. The molecule has 0 bridgehead atoms. The first-order valence-electron chi connectivity index (χ1n) is 6.54. The maximum absolute atomic E-state index is 12.3. The summed E-state index contributed by atoms with van der Waals surface area (Å²) in [5, 5.41) is 7.42. The van der Waals surface area contributed by atoms with E-state index in [1.807, 2.05) is 18.7 Å². The van der Waals surface area contributed by atoms with Crippen LogP contribution in [-0.2, 0) is 0 Å². The van der Waals surface area contributed by atoms with Crippen molar-refractivity contribution in [2.24, 2.45) is 5.73 Å². The van der Waals surface area contributed by atoms with Gasteiger partial charge in [-0.05, 0) is 19.9 Å². The smallest absolute Gasteiger partial charge is 0.255 e. The number of thiocarbonyl (C=S) groups is 1.